The summed E-state index contributed by atoms with van der Waals surface area (Å²) in [7, 11) is 0. The van der Waals surface area contributed by atoms with Gasteiger partial charge in [0.15, 0.2) is 0 Å². The van der Waals surface area contributed by atoms with Gasteiger partial charge in [0.1, 0.15) is 11.5 Å². The van der Waals surface area contributed by atoms with E-state index in [0.29, 0.717) is 0 Å². The lowest BCUT2D eigenvalue weighted by Crippen LogP contribution is -2.24. The van der Waals surface area contributed by atoms with Crippen molar-refractivity contribution >= 4 is 49.6 Å². The summed E-state index contributed by atoms with van der Waals surface area (Å²) in [6.07, 6.45) is 0. The summed E-state index contributed by atoms with van der Waals surface area (Å²) >= 11 is 0. The molecule has 0 aliphatic carbocycles. The van der Waals surface area contributed by atoms with Crippen molar-refractivity contribution in [2.45, 2.75) is 19.3 Å². The SMILES string of the molecule is CC1(C)c2ccccc2Oc2cc(N(c3ccc(-c4ccccc4)cc3)c3ccc4c(c3)c3c5ccccc5ccc3n4-c3ccccc3)ccc21. The molecule has 3 nitrogen and oxygen atoms in total. The molecule has 248 valence electrons. The van der Waals surface area contributed by atoms with Crippen molar-refractivity contribution in [2.75, 3.05) is 4.90 Å². The third-order valence-corrected chi connectivity index (χ3v) is 10.8. The Morgan fingerprint density at radius 2 is 1.08 bits per heavy atom. The summed E-state index contributed by atoms with van der Waals surface area (Å²) < 4.78 is 9.05. The van der Waals surface area contributed by atoms with Crippen LogP contribution < -0.4 is 9.64 Å². The van der Waals surface area contributed by atoms with Crippen molar-refractivity contribution in [3.8, 4) is 28.3 Å². The highest BCUT2D eigenvalue weighted by atomic mass is 16.5. The van der Waals surface area contributed by atoms with E-state index < -0.39 is 0 Å². The molecule has 0 bridgehead atoms. The number of benzene rings is 8. The van der Waals surface area contributed by atoms with Crippen molar-refractivity contribution < 1.29 is 4.74 Å². The summed E-state index contributed by atoms with van der Waals surface area (Å²) in [5.41, 5.74) is 11.3. The number of ether oxygens (including phenoxy) is 1. The molecule has 0 spiro atoms. The number of rotatable bonds is 5. The molecule has 0 atom stereocenters. The first-order chi connectivity index (χ1) is 25.5. The lowest BCUT2D eigenvalue weighted by atomic mass is 9.76. The van der Waals surface area contributed by atoms with Gasteiger partial charge in [-0.05, 0) is 82.6 Å². The Morgan fingerprint density at radius 3 is 1.90 bits per heavy atom. The number of fused-ring (bicyclic) bond motifs is 7. The second-order valence-corrected chi connectivity index (χ2v) is 14.2. The highest BCUT2D eigenvalue weighted by Crippen LogP contribution is 2.50. The molecule has 1 aliphatic heterocycles. The summed E-state index contributed by atoms with van der Waals surface area (Å²) in [4.78, 5) is 2.36. The molecular formula is C49H36N2O. The Kier molecular flexibility index (Phi) is 6.84. The predicted molar refractivity (Wildman–Crippen MR) is 217 cm³/mol. The van der Waals surface area contributed by atoms with Crippen LogP contribution in [0.1, 0.15) is 25.0 Å². The molecule has 1 aliphatic rings. The van der Waals surface area contributed by atoms with Crippen LogP contribution >= 0.6 is 0 Å². The average molecular weight is 669 g/mol. The molecule has 52 heavy (non-hydrogen) atoms. The molecule has 0 saturated carbocycles. The van der Waals surface area contributed by atoms with Crippen LogP contribution in [0.3, 0.4) is 0 Å². The zero-order valence-corrected chi connectivity index (χ0v) is 29.1. The first kappa shape index (κ1) is 30.3. The summed E-state index contributed by atoms with van der Waals surface area (Å²) in [5, 5.41) is 4.95. The minimum atomic E-state index is -0.190. The molecule has 0 saturated heterocycles. The molecule has 3 heteroatoms. The van der Waals surface area contributed by atoms with Crippen LogP contribution in [0, 0.1) is 0 Å². The molecule has 1 aromatic heterocycles. The van der Waals surface area contributed by atoms with Gasteiger partial charge in [0.05, 0.1) is 11.0 Å². The third-order valence-electron chi connectivity index (χ3n) is 10.8. The fraction of sp³-hybridized carbons (Fsp3) is 0.0612. The highest BCUT2D eigenvalue weighted by molar-refractivity contribution is 6.22. The van der Waals surface area contributed by atoms with Crippen LogP contribution in [0.5, 0.6) is 11.5 Å². The van der Waals surface area contributed by atoms with Crippen molar-refractivity contribution in [1.82, 2.24) is 4.57 Å². The summed E-state index contributed by atoms with van der Waals surface area (Å²) in [6.45, 7) is 4.57. The molecule has 0 radical (unpaired) electrons. The van der Waals surface area contributed by atoms with Gasteiger partial charge in [-0.15, -0.1) is 0 Å². The van der Waals surface area contributed by atoms with Crippen LogP contribution in [-0.4, -0.2) is 4.57 Å². The first-order valence-corrected chi connectivity index (χ1v) is 17.9. The molecular weight excluding hydrogens is 633 g/mol. The predicted octanol–water partition coefficient (Wildman–Crippen LogP) is 13.5. The quantitative estimate of drug-likeness (QED) is 0.182. The normalized spacial score (nSPS) is 13.1. The molecule has 9 aromatic rings. The van der Waals surface area contributed by atoms with Crippen molar-refractivity contribution in [3.05, 3.63) is 193 Å². The zero-order chi connectivity index (χ0) is 34.8. The third kappa shape index (κ3) is 4.74. The van der Waals surface area contributed by atoms with Gasteiger partial charge in [-0.2, -0.15) is 0 Å². The Morgan fingerprint density at radius 1 is 0.462 bits per heavy atom. The minimum absolute atomic E-state index is 0.190. The van der Waals surface area contributed by atoms with Crippen LogP contribution in [0.4, 0.5) is 17.1 Å². The molecule has 10 rings (SSSR count). The second kappa shape index (κ2) is 11.8. The molecule has 2 heterocycles. The standard InChI is InChI=1S/C49H36N2O/c1-49(2)42-19-11-12-20-46(42)52-47-32-39(26-28-43(47)49)50(37-24-21-34(22-25-37)33-13-5-3-6-14-33)38-27-30-44-41(31-38)48-40-18-10-9-15-35(40)23-29-45(48)51(44)36-16-7-4-8-17-36/h3-32H,1-2H3. The summed E-state index contributed by atoms with van der Waals surface area (Å²) in [6, 6.07) is 65.4. The topological polar surface area (TPSA) is 17.4 Å². The largest absolute Gasteiger partial charge is 0.457 e. The van der Waals surface area contributed by atoms with E-state index in [1.165, 1.54) is 54.8 Å². The van der Waals surface area contributed by atoms with Gasteiger partial charge in [-0.3, -0.25) is 0 Å². The van der Waals surface area contributed by atoms with Gasteiger partial charge >= 0.3 is 0 Å². The van der Waals surface area contributed by atoms with Gasteiger partial charge in [-0.1, -0.05) is 129 Å². The van der Waals surface area contributed by atoms with Gasteiger partial charge in [0.25, 0.3) is 0 Å². The lowest BCUT2D eigenvalue weighted by Gasteiger charge is -2.35. The maximum Gasteiger partial charge on any atom is 0.133 e. The van der Waals surface area contributed by atoms with E-state index in [0.717, 1.165) is 34.2 Å². The number of aromatic nitrogens is 1. The zero-order valence-electron chi connectivity index (χ0n) is 29.1. The second-order valence-electron chi connectivity index (χ2n) is 14.2. The number of anilines is 3. The van der Waals surface area contributed by atoms with Gasteiger partial charge in [-0.25, -0.2) is 0 Å². The lowest BCUT2D eigenvalue weighted by molar-refractivity contribution is 0.418. The van der Waals surface area contributed by atoms with E-state index in [9.17, 15) is 0 Å². The van der Waals surface area contributed by atoms with Gasteiger partial charge in [0.2, 0.25) is 0 Å². The number of para-hydroxylation sites is 2. The van der Waals surface area contributed by atoms with E-state index in [2.05, 4.69) is 205 Å². The fourth-order valence-electron chi connectivity index (χ4n) is 8.24. The first-order valence-electron chi connectivity index (χ1n) is 17.9. The monoisotopic (exact) mass is 668 g/mol. The van der Waals surface area contributed by atoms with E-state index in [1.54, 1.807) is 0 Å². The van der Waals surface area contributed by atoms with E-state index in [-0.39, 0.29) is 5.41 Å². The fourth-order valence-corrected chi connectivity index (χ4v) is 8.24. The highest BCUT2D eigenvalue weighted by Gasteiger charge is 2.34. The number of hydrogen-bond acceptors (Lipinski definition) is 2. The van der Waals surface area contributed by atoms with Crippen LogP contribution in [0.2, 0.25) is 0 Å². The maximum absolute atomic E-state index is 6.65. The molecule has 0 unspecified atom stereocenters. The van der Waals surface area contributed by atoms with E-state index in [1.807, 2.05) is 0 Å². The van der Waals surface area contributed by atoms with Crippen molar-refractivity contribution in [3.63, 3.8) is 0 Å². The smallest absolute Gasteiger partial charge is 0.133 e. The Balaban J connectivity index is 1.20. The summed E-state index contributed by atoms with van der Waals surface area (Å²) in [5.74, 6) is 1.80. The van der Waals surface area contributed by atoms with Crippen molar-refractivity contribution in [1.29, 1.82) is 0 Å². The van der Waals surface area contributed by atoms with Crippen LogP contribution in [0.15, 0.2) is 182 Å². The van der Waals surface area contributed by atoms with E-state index >= 15 is 0 Å². The van der Waals surface area contributed by atoms with E-state index in [4.69, 9.17) is 4.74 Å². The number of hydrogen-bond donors (Lipinski definition) is 0. The molecule has 8 aromatic carbocycles. The Hall–Kier alpha value is -6.58. The molecule has 0 N–H and O–H groups in total. The Labute approximate surface area is 303 Å². The molecule has 0 fully saturated rings. The average Bonchev–Trinajstić information content (AvgIpc) is 3.53. The van der Waals surface area contributed by atoms with Gasteiger partial charge in [0, 0.05) is 56.1 Å². The molecule has 0 amide bonds. The Bertz CT molecular complexity index is 2780. The van der Waals surface area contributed by atoms with Gasteiger partial charge < -0.3 is 14.2 Å². The maximum atomic E-state index is 6.65. The number of nitrogens with zero attached hydrogens (tertiary/aromatic N) is 2. The van der Waals surface area contributed by atoms with Crippen LogP contribution in [0.25, 0.3) is 49.4 Å². The minimum Gasteiger partial charge on any atom is -0.457 e. The van der Waals surface area contributed by atoms with Crippen LogP contribution in [-0.2, 0) is 5.41 Å². The van der Waals surface area contributed by atoms with Crippen molar-refractivity contribution in [2.24, 2.45) is 0 Å².